The number of nitrogens with zero attached hydrogens (tertiary/aromatic N) is 3. The first-order chi connectivity index (χ1) is 10.3. The summed E-state index contributed by atoms with van der Waals surface area (Å²) < 4.78 is 0. The van der Waals surface area contributed by atoms with E-state index in [2.05, 4.69) is 14.7 Å². The van der Waals surface area contributed by atoms with E-state index in [9.17, 15) is 0 Å². The van der Waals surface area contributed by atoms with Gasteiger partial charge in [0.15, 0.2) is 0 Å². The highest BCUT2D eigenvalue weighted by molar-refractivity contribution is 4.99. The van der Waals surface area contributed by atoms with Crippen LogP contribution in [0.5, 0.6) is 0 Å². The minimum absolute atomic E-state index is 0.462. The van der Waals surface area contributed by atoms with Gasteiger partial charge in [-0.15, -0.1) is 0 Å². The summed E-state index contributed by atoms with van der Waals surface area (Å²) >= 11 is 0. The third-order valence-electron chi connectivity index (χ3n) is 6.57. The van der Waals surface area contributed by atoms with Crippen LogP contribution >= 0.6 is 0 Å². The lowest BCUT2D eigenvalue weighted by Gasteiger charge is -2.37. The largest absolute Gasteiger partial charge is 0.328 e. The van der Waals surface area contributed by atoms with Crippen molar-refractivity contribution in [3.05, 3.63) is 0 Å². The second-order valence-electron chi connectivity index (χ2n) is 7.77. The molecule has 4 heterocycles. The number of hydrogen-bond acceptors (Lipinski definition) is 4. The maximum Gasteiger partial charge on any atom is 0.0264 e. The van der Waals surface area contributed by atoms with E-state index < -0.39 is 0 Å². The second kappa shape index (κ2) is 6.15. The average molecular weight is 292 g/mol. The molecule has 4 rings (SSSR count). The van der Waals surface area contributed by atoms with Gasteiger partial charge in [0.1, 0.15) is 0 Å². The highest BCUT2D eigenvalue weighted by atomic mass is 15.3. The monoisotopic (exact) mass is 292 g/mol. The zero-order chi connectivity index (χ0) is 14.2. The van der Waals surface area contributed by atoms with Gasteiger partial charge >= 0.3 is 0 Å². The molecule has 4 saturated heterocycles. The average Bonchev–Trinajstić information content (AvgIpc) is 3.14. The summed E-state index contributed by atoms with van der Waals surface area (Å²) in [7, 11) is 0. The first-order valence-electron chi connectivity index (χ1n) is 9.29. The standard InChI is InChI=1S/C17H32N4/c18-14-4-9-19(10-5-14)15-6-11-21(13-15)17-7-12-20-8-2-1-3-16(17)20/h14-17H,1-13,18H2. The van der Waals surface area contributed by atoms with Crippen LogP contribution in [-0.4, -0.2) is 78.1 Å². The quantitative estimate of drug-likeness (QED) is 0.827. The Kier molecular flexibility index (Phi) is 4.23. The van der Waals surface area contributed by atoms with Gasteiger partial charge < -0.3 is 5.73 Å². The molecule has 0 radical (unpaired) electrons. The second-order valence-corrected chi connectivity index (χ2v) is 7.77. The molecular formula is C17H32N4. The fourth-order valence-corrected chi connectivity index (χ4v) is 5.30. The molecule has 21 heavy (non-hydrogen) atoms. The summed E-state index contributed by atoms with van der Waals surface area (Å²) in [5.74, 6) is 0. The van der Waals surface area contributed by atoms with Crippen molar-refractivity contribution >= 4 is 0 Å². The van der Waals surface area contributed by atoms with Crippen molar-refractivity contribution in [2.45, 2.75) is 69.1 Å². The fourth-order valence-electron chi connectivity index (χ4n) is 5.30. The lowest BCUT2D eigenvalue weighted by molar-refractivity contribution is 0.113. The molecule has 3 atom stereocenters. The Labute approximate surface area is 129 Å². The van der Waals surface area contributed by atoms with Gasteiger partial charge in [-0.2, -0.15) is 0 Å². The van der Waals surface area contributed by atoms with Crippen LogP contribution in [0.1, 0.15) is 44.9 Å². The van der Waals surface area contributed by atoms with Crippen LogP contribution < -0.4 is 5.73 Å². The van der Waals surface area contributed by atoms with Crippen molar-refractivity contribution < 1.29 is 0 Å². The first-order valence-corrected chi connectivity index (χ1v) is 9.29. The van der Waals surface area contributed by atoms with E-state index in [0.717, 1.165) is 18.1 Å². The van der Waals surface area contributed by atoms with Crippen LogP contribution in [0.25, 0.3) is 0 Å². The van der Waals surface area contributed by atoms with Crippen LogP contribution in [-0.2, 0) is 0 Å². The molecule has 4 aliphatic rings. The number of piperidine rings is 2. The molecule has 2 N–H and O–H groups in total. The van der Waals surface area contributed by atoms with E-state index in [1.807, 2.05) is 0 Å². The summed E-state index contributed by atoms with van der Waals surface area (Å²) in [5.41, 5.74) is 6.05. The Morgan fingerprint density at radius 2 is 1.33 bits per heavy atom. The van der Waals surface area contributed by atoms with Gasteiger partial charge in [0, 0.05) is 43.8 Å². The van der Waals surface area contributed by atoms with Gasteiger partial charge in [0.05, 0.1) is 0 Å². The summed E-state index contributed by atoms with van der Waals surface area (Å²) in [5, 5.41) is 0. The Hall–Kier alpha value is -0.160. The molecule has 0 aliphatic carbocycles. The third-order valence-corrected chi connectivity index (χ3v) is 6.57. The van der Waals surface area contributed by atoms with Crippen molar-refractivity contribution in [1.29, 1.82) is 0 Å². The van der Waals surface area contributed by atoms with Crippen LogP contribution in [0.3, 0.4) is 0 Å². The smallest absolute Gasteiger partial charge is 0.0264 e. The molecule has 4 heteroatoms. The van der Waals surface area contributed by atoms with Crippen LogP contribution in [0, 0.1) is 0 Å². The topological polar surface area (TPSA) is 35.7 Å². The van der Waals surface area contributed by atoms with Crippen molar-refractivity contribution in [2.24, 2.45) is 5.73 Å². The fraction of sp³-hybridized carbons (Fsp3) is 1.00. The minimum atomic E-state index is 0.462. The molecule has 0 aromatic carbocycles. The highest BCUT2D eigenvalue weighted by Gasteiger charge is 2.41. The predicted octanol–water partition coefficient (Wildman–Crippen LogP) is 1.11. The lowest BCUT2D eigenvalue weighted by Crippen LogP contribution is -2.49. The Morgan fingerprint density at radius 1 is 0.619 bits per heavy atom. The van der Waals surface area contributed by atoms with E-state index in [0.29, 0.717) is 6.04 Å². The maximum atomic E-state index is 6.05. The van der Waals surface area contributed by atoms with Gasteiger partial charge in [0.2, 0.25) is 0 Å². The van der Waals surface area contributed by atoms with Crippen LogP contribution in [0.15, 0.2) is 0 Å². The third kappa shape index (κ3) is 2.88. The Bertz CT molecular complexity index is 353. The number of hydrogen-bond donors (Lipinski definition) is 1. The van der Waals surface area contributed by atoms with E-state index in [1.165, 1.54) is 84.2 Å². The molecule has 0 aromatic rings. The SMILES string of the molecule is NC1CCN(C2CCN(C3CCN4CCCCC34)C2)CC1. The van der Waals surface area contributed by atoms with Crippen molar-refractivity contribution in [1.82, 2.24) is 14.7 Å². The Balaban J connectivity index is 1.34. The molecule has 0 spiro atoms. The Morgan fingerprint density at radius 3 is 2.19 bits per heavy atom. The van der Waals surface area contributed by atoms with Gasteiger partial charge in [0.25, 0.3) is 0 Å². The molecular weight excluding hydrogens is 260 g/mol. The zero-order valence-electron chi connectivity index (χ0n) is 13.4. The molecule has 3 unspecified atom stereocenters. The van der Waals surface area contributed by atoms with Crippen molar-refractivity contribution in [2.75, 3.05) is 39.3 Å². The van der Waals surface area contributed by atoms with E-state index in [4.69, 9.17) is 5.73 Å². The lowest BCUT2D eigenvalue weighted by atomic mass is 9.98. The molecule has 0 saturated carbocycles. The van der Waals surface area contributed by atoms with E-state index in [-0.39, 0.29) is 0 Å². The maximum absolute atomic E-state index is 6.05. The molecule has 4 nitrogen and oxygen atoms in total. The molecule has 4 aliphatic heterocycles. The van der Waals surface area contributed by atoms with Crippen LogP contribution in [0.4, 0.5) is 0 Å². The van der Waals surface area contributed by atoms with E-state index >= 15 is 0 Å². The minimum Gasteiger partial charge on any atom is -0.328 e. The van der Waals surface area contributed by atoms with E-state index in [1.54, 1.807) is 0 Å². The molecule has 0 bridgehead atoms. The van der Waals surface area contributed by atoms with Gasteiger partial charge in [-0.1, -0.05) is 6.42 Å². The highest BCUT2D eigenvalue weighted by Crippen LogP contribution is 2.33. The van der Waals surface area contributed by atoms with Crippen molar-refractivity contribution in [3.63, 3.8) is 0 Å². The predicted molar refractivity (Wildman–Crippen MR) is 86.4 cm³/mol. The number of likely N-dealkylation sites (tertiary alicyclic amines) is 2. The van der Waals surface area contributed by atoms with Gasteiger partial charge in [-0.25, -0.2) is 0 Å². The van der Waals surface area contributed by atoms with Gasteiger partial charge in [-0.05, 0) is 58.2 Å². The van der Waals surface area contributed by atoms with Crippen molar-refractivity contribution in [3.8, 4) is 0 Å². The first kappa shape index (κ1) is 14.4. The summed E-state index contributed by atoms with van der Waals surface area (Å²) in [6.07, 6.45) is 9.55. The summed E-state index contributed by atoms with van der Waals surface area (Å²) in [4.78, 5) is 8.35. The number of rotatable bonds is 2. The zero-order valence-corrected chi connectivity index (χ0v) is 13.4. The number of fused-ring (bicyclic) bond motifs is 1. The molecule has 0 aromatic heterocycles. The molecule has 120 valence electrons. The normalized spacial score (nSPS) is 40.7. The molecule has 0 amide bonds. The van der Waals surface area contributed by atoms with Crippen LogP contribution in [0.2, 0.25) is 0 Å². The summed E-state index contributed by atoms with van der Waals surface area (Å²) in [6, 6.07) is 3.02. The summed E-state index contributed by atoms with van der Waals surface area (Å²) in [6.45, 7) is 7.85. The number of nitrogens with two attached hydrogens (primary N) is 1. The van der Waals surface area contributed by atoms with Gasteiger partial charge in [-0.3, -0.25) is 14.7 Å². The molecule has 4 fully saturated rings.